The SMILES string of the molecule is CCOc1nc(=O)[nH]c(N(c2ccccc2)C2CCNCC2)c1OCC.Cl.Cl. The lowest BCUT2D eigenvalue weighted by Gasteiger charge is -2.36. The summed E-state index contributed by atoms with van der Waals surface area (Å²) < 4.78 is 11.4. The molecule has 0 spiro atoms. The van der Waals surface area contributed by atoms with Crippen LogP contribution in [0.2, 0.25) is 0 Å². The molecule has 1 aromatic carbocycles. The van der Waals surface area contributed by atoms with E-state index in [-0.39, 0.29) is 36.7 Å². The number of aromatic amines is 1. The van der Waals surface area contributed by atoms with Gasteiger partial charge in [0, 0.05) is 11.7 Å². The summed E-state index contributed by atoms with van der Waals surface area (Å²) in [5.41, 5.74) is 0.562. The van der Waals surface area contributed by atoms with Crippen molar-refractivity contribution in [2.45, 2.75) is 32.7 Å². The van der Waals surface area contributed by atoms with Crippen LogP contribution in [-0.4, -0.2) is 42.3 Å². The van der Waals surface area contributed by atoms with E-state index in [1.54, 1.807) is 0 Å². The van der Waals surface area contributed by atoms with E-state index < -0.39 is 5.69 Å². The van der Waals surface area contributed by atoms with E-state index >= 15 is 0 Å². The molecule has 3 rings (SSSR count). The molecule has 2 N–H and O–H groups in total. The van der Waals surface area contributed by atoms with Crippen LogP contribution in [0.1, 0.15) is 26.7 Å². The Labute approximate surface area is 177 Å². The Morgan fingerprint density at radius 2 is 1.71 bits per heavy atom. The van der Waals surface area contributed by atoms with E-state index in [0.717, 1.165) is 31.6 Å². The molecule has 28 heavy (non-hydrogen) atoms. The topological polar surface area (TPSA) is 79.5 Å². The molecule has 0 bridgehead atoms. The summed E-state index contributed by atoms with van der Waals surface area (Å²) in [6.07, 6.45) is 1.93. The summed E-state index contributed by atoms with van der Waals surface area (Å²) in [6.45, 7) is 6.50. The lowest BCUT2D eigenvalue weighted by atomic mass is 10.0. The summed E-state index contributed by atoms with van der Waals surface area (Å²) in [6, 6.07) is 10.3. The number of H-pyrrole nitrogens is 1. The van der Waals surface area contributed by atoms with Crippen LogP contribution in [-0.2, 0) is 0 Å². The van der Waals surface area contributed by atoms with E-state index in [1.165, 1.54) is 0 Å². The second-order valence-corrected chi connectivity index (χ2v) is 6.08. The fourth-order valence-corrected chi connectivity index (χ4v) is 3.28. The molecule has 0 saturated carbocycles. The Morgan fingerprint density at radius 1 is 1.07 bits per heavy atom. The smallest absolute Gasteiger partial charge is 0.350 e. The van der Waals surface area contributed by atoms with Crippen LogP contribution < -0.4 is 25.4 Å². The van der Waals surface area contributed by atoms with Crippen LogP contribution in [0.25, 0.3) is 0 Å². The molecule has 2 aromatic rings. The normalized spacial score (nSPS) is 13.8. The zero-order valence-electron chi connectivity index (χ0n) is 16.1. The largest absolute Gasteiger partial charge is 0.486 e. The first-order valence-corrected chi connectivity index (χ1v) is 9.19. The van der Waals surface area contributed by atoms with Crippen LogP contribution >= 0.6 is 24.8 Å². The van der Waals surface area contributed by atoms with Crippen LogP contribution in [0, 0.1) is 0 Å². The second kappa shape index (κ2) is 11.8. The van der Waals surface area contributed by atoms with Crippen molar-refractivity contribution < 1.29 is 9.47 Å². The number of nitrogens with zero attached hydrogens (tertiary/aromatic N) is 2. The zero-order chi connectivity index (χ0) is 18.4. The first-order valence-electron chi connectivity index (χ1n) is 9.19. The Morgan fingerprint density at radius 3 is 2.32 bits per heavy atom. The van der Waals surface area contributed by atoms with Gasteiger partial charge in [-0.2, -0.15) is 4.98 Å². The van der Waals surface area contributed by atoms with Gasteiger partial charge >= 0.3 is 5.69 Å². The maximum atomic E-state index is 12.2. The predicted octanol–water partition coefficient (Wildman–Crippen LogP) is 3.30. The van der Waals surface area contributed by atoms with Crippen molar-refractivity contribution >= 4 is 36.3 Å². The third kappa shape index (κ3) is 5.53. The molecule has 0 unspecified atom stereocenters. The summed E-state index contributed by atoms with van der Waals surface area (Å²) in [5, 5.41) is 3.39. The van der Waals surface area contributed by atoms with E-state index in [9.17, 15) is 4.79 Å². The number of nitrogens with one attached hydrogen (secondary N) is 2. The highest BCUT2D eigenvalue weighted by molar-refractivity contribution is 5.85. The highest BCUT2D eigenvalue weighted by Crippen LogP contribution is 2.39. The van der Waals surface area contributed by atoms with Gasteiger partial charge in [0.2, 0.25) is 5.75 Å². The number of piperidine rings is 1. The van der Waals surface area contributed by atoms with E-state index in [2.05, 4.69) is 20.2 Å². The van der Waals surface area contributed by atoms with Gasteiger partial charge in [-0.3, -0.25) is 4.98 Å². The number of hydrogen-bond donors (Lipinski definition) is 2. The first kappa shape index (κ1) is 24.1. The lowest BCUT2D eigenvalue weighted by molar-refractivity contribution is 0.275. The van der Waals surface area contributed by atoms with Crippen molar-refractivity contribution in [2.24, 2.45) is 0 Å². The van der Waals surface area contributed by atoms with Gasteiger partial charge in [0.25, 0.3) is 5.88 Å². The van der Waals surface area contributed by atoms with Crippen molar-refractivity contribution in [1.82, 2.24) is 15.3 Å². The van der Waals surface area contributed by atoms with E-state index in [4.69, 9.17) is 9.47 Å². The lowest BCUT2D eigenvalue weighted by Crippen LogP contribution is -2.42. The van der Waals surface area contributed by atoms with Crippen LogP contribution in [0.5, 0.6) is 11.6 Å². The Balaban J connectivity index is 0.00000196. The van der Waals surface area contributed by atoms with Crippen LogP contribution in [0.3, 0.4) is 0 Å². The third-order valence-corrected chi connectivity index (χ3v) is 4.36. The summed E-state index contributed by atoms with van der Waals surface area (Å²) in [4.78, 5) is 21.2. The van der Waals surface area contributed by atoms with Crippen molar-refractivity contribution in [3.63, 3.8) is 0 Å². The minimum Gasteiger partial charge on any atom is -0.486 e. The Hall–Kier alpha value is -1.96. The number of hydrogen-bond acceptors (Lipinski definition) is 6. The monoisotopic (exact) mass is 430 g/mol. The molecule has 0 atom stereocenters. The average molecular weight is 431 g/mol. The molecule has 2 heterocycles. The number of rotatable bonds is 7. The van der Waals surface area contributed by atoms with Crippen molar-refractivity contribution in [3.8, 4) is 11.6 Å². The molecule has 1 aromatic heterocycles. The molecule has 1 aliphatic rings. The Bertz CT molecular complexity index is 768. The minimum atomic E-state index is -0.443. The zero-order valence-corrected chi connectivity index (χ0v) is 17.8. The van der Waals surface area contributed by atoms with Gasteiger partial charge in [0.05, 0.1) is 13.2 Å². The van der Waals surface area contributed by atoms with E-state index in [0.29, 0.717) is 24.8 Å². The molecular formula is C19H28Cl2N4O3. The van der Waals surface area contributed by atoms with Crippen LogP contribution in [0.15, 0.2) is 35.1 Å². The minimum absolute atomic E-state index is 0. The molecule has 0 radical (unpaired) electrons. The van der Waals surface area contributed by atoms with Gasteiger partial charge in [-0.15, -0.1) is 24.8 Å². The molecule has 0 amide bonds. The maximum Gasteiger partial charge on any atom is 0.350 e. The highest BCUT2D eigenvalue weighted by atomic mass is 35.5. The predicted molar refractivity (Wildman–Crippen MR) is 116 cm³/mol. The van der Waals surface area contributed by atoms with Crippen molar-refractivity contribution in [3.05, 3.63) is 40.8 Å². The first-order chi connectivity index (χ1) is 12.7. The van der Waals surface area contributed by atoms with Crippen molar-refractivity contribution in [1.29, 1.82) is 0 Å². The molecule has 1 fully saturated rings. The molecule has 0 aliphatic carbocycles. The fraction of sp³-hybridized carbons (Fsp3) is 0.474. The molecule has 7 nitrogen and oxygen atoms in total. The molecule has 1 saturated heterocycles. The quantitative estimate of drug-likeness (QED) is 0.701. The number of benzene rings is 1. The standard InChI is InChI=1S/C19H26N4O3.2ClH/c1-3-25-16-17(21-19(24)22-18(16)26-4-2)23(14-8-6-5-7-9-14)15-10-12-20-13-11-15;;/h5-9,15,20H,3-4,10-13H2,1-2H3,(H,21,22,24);2*1H. The Kier molecular flexibility index (Phi) is 10.1. The van der Waals surface area contributed by atoms with E-state index in [1.807, 2.05) is 44.2 Å². The number of halogens is 2. The van der Waals surface area contributed by atoms with Gasteiger partial charge in [0.1, 0.15) is 0 Å². The van der Waals surface area contributed by atoms with Gasteiger partial charge < -0.3 is 19.7 Å². The summed E-state index contributed by atoms with van der Waals surface area (Å²) in [7, 11) is 0. The number of ether oxygens (including phenoxy) is 2. The van der Waals surface area contributed by atoms with Crippen molar-refractivity contribution in [2.75, 3.05) is 31.2 Å². The molecular weight excluding hydrogens is 403 g/mol. The van der Waals surface area contributed by atoms with Gasteiger partial charge in [-0.25, -0.2) is 4.79 Å². The molecule has 1 aliphatic heterocycles. The average Bonchev–Trinajstić information content (AvgIpc) is 2.66. The number of para-hydroxylation sites is 1. The fourth-order valence-electron chi connectivity index (χ4n) is 3.28. The molecule has 9 heteroatoms. The second-order valence-electron chi connectivity index (χ2n) is 6.08. The third-order valence-electron chi connectivity index (χ3n) is 4.36. The number of anilines is 2. The molecule has 156 valence electrons. The van der Waals surface area contributed by atoms with Crippen LogP contribution in [0.4, 0.5) is 11.5 Å². The summed E-state index contributed by atoms with van der Waals surface area (Å²) in [5.74, 6) is 1.33. The van der Waals surface area contributed by atoms with Gasteiger partial charge in [-0.05, 0) is 51.9 Å². The van der Waals surface area contributed by atoms with Gasteiger partial charge in [0.15, 0.2) is 5.82 Å². The van der Waals surface area contributed by atoms with Gasteiger partial charge in [-0.1, -0.05) is 18.2 Å². The number of aromatic nitrogens is 2. The summed E-state index contributed by atoms with van der Waals surface area (Å²) >= 11 is 0. The highest BCUT2D eigenvalue weighted by Gasteiger charge is 2.28. The maximum absolute atomic E-state index is 12.2.